The highest BCUT2D eigenvalue weighted by Crippen LogP contribution is 2.41. The van der Waals surface area contributed by atoms with Crippen LogP contribution in [0.15, 0.2) is 0 Å². The lowest BCUT2D eigenvalue weighted by atomic mass is 9.76. The molecule has 3 fully saturated rings. The lowest BCUT2D eigenvalue weighted by Crippen LogP contribution is -2.52. The molecule has 0 aromatic rings. The van der Waals surface area contributed by atoms with Crippen molar-refractivity contribution in [2.45, 2.75) is 110 Å². The Bertz CT molecular complexity index is 1010. The second-order valence-corrected chi connectivity index (χ2v) is 13.3. The lowest BCUT2D eigenvalue weighted by molar-refractivity contribution is -0.174. The minimum Gasteiger partial charge on any atom is -0.351 e. The third-order valence-corrected chi connectivity index (χ3v) is 8.62. The van der Waals surface area contributed by atoms with Gasteiger partial charge in [0.2, 0.25) is 23.5 Å². The summed E-state index contributed by atoms with van der Waals surface area (Å²) in [5.41, 5.74) is -1.37. The monoisotopic (exact) mass is 554 g/mol. The number of nitrogens with one attached hydrogen (secondary N) is 2. The lowest BCUT2D eigenvalue weighted by Gasteiger charge is -2.35. The van der Waals surface area contributed by atoms with Crippen LogP contribution in [-0.4, -0.2) is 58.7 Å². The number of Topliss-reactive ketones (excluding diaryl/α,β-unsaturated/α-hetero) is 1. The smallest absolute Gasteiger partial charge is 0.351 e. The molecule has 1 unspecified atom stereocenters. The highest BCUT2D eigenvalue weighted by molar-refractivity contribution is 5.93. The first-order valence-corrected chi connectivity index (χ1v) is 13.9. The normalized spacial score (nSPS) is 27.1. The number of ketones is 1. The molecule has 1 saturated carbocycles. The number of hydrogen-bond donors (Lipinski definition) is 2. The van der Waals surface area contributed by atoms with E-state index in [1.54, 1.807) is 20.8 Å². The molecule has 39 heavy (non-hydrogen) atoms. The van der Waals surface area contributed by atoms with Gasteiger partial charge in [0.05, 0.1) is 12.0 Å². The average molecular weight is 555 g/mol. The Morgan fingerprint density at radius 3 is 2.26 bits per heavy atom. The molecule has 3 amide bonds. The van der Waals surface area contributed by atoms with Crippen molar-refractivity contribution in [1.29, 1.82) is 5.26 Å². The van der Waals surface area contributed by atoms with Crippen LogP contribution in [0, 0.1) is 40.4 Å². The van der Waals surface area contributed by atoms with E-state index >= 15 is 0 Å². The number of halogens is 3. The van der Waals surface area contributed by atoms with Crippen LogP contribution in [0.3, 0.4) is 0 Å². The number of likely N-dealkylation sites (tertiary alicyclic amines) is 1. The van der Waals surface area contributed by atoms with Gasteiger partial charge >= 0.3 is 6.18 Å². The predicted molar refractivity (Wildman–Crippen MR) is 137 cm³/mol. The van der Waals surface area contributed by atoms with Crippen LogP contribution in [0.1, 0.15) is 86.0 Å². The maximum absolute atomic E-state index is 13.8. The minimum absolute atomic E-state index is 0.00748. The summed E-state index contributed by atoms with van der Waals surface area (Å²) in [7, 11) is 0. The van der Waals surface area contributed by atoms with E-state index in [-0.39, 0.29) is 24.8 Å². The zero-order valence-corrected chi connectivity index (χ0v) is 23.5. The summed E-state index contributed by atoms with van der Waals surface area (Å²) >= 11 is 0. The van der Waals surface area contributed by atoms with Crippen molar-refractivity contribution in [2.24, 2.45) is 29.1 Å². The fraction of sp³-hybridized carbons (Fsp3) is 0.821. The quantitative estimate of drug-likeness (QED) is 0.472. The van der Waals surface area contributed by atoms with Gasteiger partial charge in [-0.1, -0.05) is 46.5 Å². The van der Waals surface area contributed by atoms with E-state index in [4.69, 9.17) is 0 Å². The zero-order valence-electron chi connectivity index (χ0n) is 23.5. The molecule has 218 valence electrons. The number of nitrogens with zero attached hydrogens (tertiary/aromatic N) is 2. The number of nitriles is 1. The fourth-order valence-electron chi connectivity index (χ4n) is 6.48. The van der Waals surface area contributed by atoms with Gasteiger partial charge in [-0.2, -0.15) is 18.4 Å². The molecule has 0 aromatic carbocycles. The topological polar surface area (TPSA) is 119 Å². The first-order chi connectivity index (χ1) is 17.9. The summed E-state index contributed by atoms with van der Waals surface area (Å²) in [4.78, 5) is 52.9. The van der Waals surface area contributed by atoms with Gasteiger partial charge in [0.25, 0.3) is 0 Å². The van der Waals surface area contributed by atoms with Crippen molar-refractivity contribution in [1.82, 2.24) is 15.5 Å². The van der Waals surface area contributed by atoms with E-state index in [0.29, 0.717) is 18.8 Å². The van der Waals surface area contributed by atoms with E-state index in [1.165, 1.54) is 4.90 Å². The zero-order chi connectivity index (χ0) is 29.3. The highest BCUT2D eigenvalue weighted by atomic mass is 19.4. The predicted octanol–water partition coefficient (Wildman–Crippen LogP) is 3.89. The summed E-state index contributed by atoms with van der Waals surface area (Å²) in [5.74, 6) is -4.75. The van der Waals surface area contributed by atoms with Gasteiger partial charge in [-0.25, -0.2) is 0 Å². The van der Waals surface area contributed by atoms with Gasteiger partial charge in [-0.05, 0) is 50.4 Å². The van der Waals surface area contributed by atoms with Gasteiger partial charge in [-0.3, -0.25) is 19.2 Å². The Labute approximate surface area is 228 Å². The SMILES string of the molecule is CC1(C)C[C@@H](C[C@@H](C#N)NC(=O)C2C[C@@H](C3CCCC3)CN2C(=O)[C@@H](CC(=O)C(F)(F)F)C(C)(C)C)C(=O)N1. The minimum atomic E-state index is -5.06. The second-order valence-electron chi connectivity index (χ2n) is 13.3. The standard InChI is InChI=1S/C28H41F3N4O4/c1-26(2,3)20(12-22(36)28(29,30)31)25(39)35-15-18(16-8-6-7-9-16)11-21(35)24(38)33-19(14-32)10-17-13-27(4,5)34-23(17)37/h16-21H,6-13,15H2,1-5H3,(H,33,38)(H,34,37)/t17-,18-,19+,20-,21?/m1/s1. The largest absolute Gasteiger partial charge is 0.449 e. The van der Waals surface area contributed by atoms with Crippen LogP contribution in [0.4, 0.5) is 13.2 Å². The van der Waals surface area contributed by atoms with Gasteiger partial charge < -0.3 is 15.5 Å². The summed E-state index contributed by atoms with van der Waals surface area (Å²) in [5, 5.41) is 15.3. The Morgan fingerprint density at radius 1 is 1.15 bits per heavy atom. The molecule has 1 aliphatic carbocycles. The van der Waals surface area contributed by atoms with E-state index in [2.05, 4.69) is 10.6 Å². The molecule has 0 aromatic heterocycles. The van der Waals surface area contributed by atoms with Crippen molar-refractivity contribution in [3.8, 4) is 6.07 Å². The second kappa shape index (κ2) is 11.5. The number of rotatable bonds is 8. The molecule has 0 bridgehead atoms. The number of amides is 3. The van der Waals surface area contributed by atoms with E-state index in [0.717, 1.165) is 25.7 Å². The van der Waals surface area contributed by atoms with E-state index in [9.17, 15) is 37.6 Å². The third kappa shape index (κ3) is 7.52. The van der Waals surface area contributed by atoms with Gasteiger partial charge in [0.1, 0.15) is 12.1 Å². The van der Waals surface area contributed by atoms with Crippen molar-refractivity contribution < 1.29 is 32.3 Å². The Hall–Kier alpha value is -2.64. The van der Waals surface area contributed by atoms with Crippen LogP contribution in [0.5, 0.6) is 0 Å². The summed E-state index contributed by atoms with van der Waals surface area (Å²) in [6.45, 7) is 8.82. The van der Waals surface area contributed by atoms with E-state index < -0.39 is 65.1 Å². The molecule has 5 atom stereocenters. The van der Waals surface area contributed by atoms with Gasteiger partial charge in [-0.15, -0.1) is 0 Å². The molecule has 2 heterocycles. The van der Waals surface area contributed by atoms with Gasteiger partial charge in [0.15, 0.2) is 0 Å². The first kappa shape index (κ1) is 30.9. The summed E-state index contributed by atoms with van der Waals surface area (Å²) < 4.78 is 39.4. The maximum Gasteiger partial charge on any atom is 0.449 e. The molecule has 3 rings (SSSR count). The molecular formula is C28H41F3N4O4. The number of hydrogen-bond acceptors (Lipinski definition) is 5. The van der Waals surface area contributed by atoms with Crippen LogP contribution in [-0.2, 0) is 19.2 Å². The molecule has 3 aliphatic rings. The van der Waals surface area contributed by atoms with Crippen molar-refractivity contribution in [3.05, 3.63) is 0 Å². The Morgan fingerprint density at radius 2 is 1.77 bits per heavy atom. The van der Waals surface area contributed by atoms with Crippen LogP contribution in [0.2, 0.25) is 0 Å². The molecule has 0 radical (unpaired) electrons. The molecule has 2 N–H and O–H groups in total. The third-order valence-electron chi connectivity index (χ3n) is 8.62. The fourth-order valence-corrected chi connectivity index (χ4v) is 6.48. The Balaban J connectivity index is 1.81. The molecular weight excluding hydrogens is 513 g/mol. The van der Waals surface area contributed by atoms with Gasteiger partial charge in [0, 0.05) is 24.4 Å². The van der Waals surface area contributed by atoms with Crippen LogP contribution in [0.25, 0.3) is 0 Å². The molecule has 2 saturated heterocycles. The van der Waals surface area contributed by atoms with Crippen LogP contribution >= 0.6 is 0 Å². The molecule has 11 heteroatoms. The molecule has 0 spiro atoms. The molecule has 8 nitrogen and oxygen atoms in total. The maximum atomic E-state index is 13.8. The number of carbonyl (C=O) groups excluding carboxylic acids is 4. The number of carbonyl (C=O) groups is 4. The average Bonchev–Trinajstić information content (AvgIpc) is 3.53. The van der Waals surface area contributed by atoms with Crippen molar-refractivity contribution >= 4 is 23.5 Å². The molecule has 2 aliphatic heterocycles. The van der Waals surface area contributed by atoms with Crippen molar-refractivity contribution in [3.63, 3.8) is 0 Å². The number of alkyl halides is 3. The van der Waals surface area contributed by atoms with Crippen LogP contribution < -0.4 is 10.6 Å². The summed E-state index contributed by atoms with van der Waals surface area (Å²) in [6.07, 6.45) is -1.04. The first-order valence-electron chi connectivity index (χ1n) is 13.9. The Kier molecular flexibility index (Phi) is 9.08. The highest BCUT2D eigenvalue weighted by Gasteiger charge is 2.49. The van der Waals surface area contributed by atoms with Crippen molar-refractivity contribution in [2.75, 3.05) is 6.54 Å². The van der Waals surface area contributed by atoms with E-state index in [1.807, 2.05) is 19.9 Å². The summed E-state index contributed by atoms with van der Waals surface area (Å²) in [6, 6.07) is 0.124.